The zero-order valence-corrected chi connectivity index (χ0v) is 15.5. The number of carboxylic acid groups (broad SMARTS) is 1. The summed E-state index contributed by atoms with van der Waals surface area (Å²) in [5, 5.41) is 25.3. The predicted octanol–water partition coefficient (Wildman–Crippen LogP) is 1.38. The van der Waals surface area contributed by atoms with Crippen LogP contribution in [0.5, 0.6) is 0 Å². The highest BCUT2D eigenvalue weighted by atomic mass is 16.4. The fraction of sp³-hybridized carbons (Fsp3) is 0.632. The number of carbonyl (C=O) groups is 2. The van der Waals surface area contributed by atoms with Gasteiger partial charge < -0.3 is 25.7 Å². The Labute approximate surface area is 159 Å². The van der Waals surface area contributed by atoms with Crippen LogP contribution in [0.3, 0.4) is 0 Å². The molecule has 148 valence electrons. The number of urea groups is 1. The highest BCUT2D eigenvalue weighted by Crippen LogP contribution is 2.25. The van der Waals surface area contributed by atoms with Crippen molar-refractivity contribution in [2.24, 2.45) is 0 Å². The van der Waals surface area contributed by atoms with Crippen molar-refractivity contribution in [1.82, 2.24) is 15.2 Å². The van der Waals surface area contributed by atoms with Crippen molar-refractivity contribution < 1.29 is 19.8 Å². The Bertz CT molecular complexity index is 686. The molecule has 2 aliphatic heterocycles. The Morgan fingerprint density at radius 3 is 2.81 bits per heavy atom. The molecule has 0 radical (unpaired) electrons. The SMILES string of the molecule is O=C(O)CC1(O)CCN(C(=O)NCCCc2ccc3c(n2)NCCC3)CC1. The van der Waals surface area contributed by atoms with Gasteiger partial charge in [-0.15, -0.1) is 0 Å². The van der Waals surface area contributed by atoms with Crippen LogP contribution in [0.25, 0.3) is 0 Å². The van der Waals surface area contributed by atoms with Crippen LogP contribution in [0.15, 0.2) is 12.1 Å². The second-order valence-electron chi connectivity index (χ2n) is 7.46. The molecule has 1 fully saturated rings. The van der Waals surface area contributed by atoms with Crippen LogP contribution >= 0.6 is 0 Å². The monoisotopic (exact) mass is 376 g/mol. The first-order chi connectivity index (χ1) is 13.0. The summed E-state index contributed by atoms with van der Waals surface area (Å²) in [5.41, 5.74) is 1.09. The quantitative estimate of drug-likeness (QED) is 0.558. The number of nitrogens with zero attached hydrogens (tertiary/aromatic N) is 2. The highest BCUT2D eigenvalue weighted by Gasteiger charge is 2.35. The number of piperidine rings is 1. The van der Waals surface area contributed by atoms with Gasteiger partial charge in [0.1, 0.15) is 5.82 Å². The number of hydrogen-bond acceptors (Lipinski definition) is 5. The summed E-state index contributed by atoms with van der Waals surface area (Å²) in [5.74, 6) is -0.0219. The van der Waals surface area contributed by atoms with Crippen LogP contribution in [0.4, 0.5) is 10.6 Å². The number of pyridine rings is 1. The van der Waals surface area contributed by atoms with E-state index in [9.17, 15) is 14.7 Å². The summed E-state index contributed by atoms with van der Waals surface area (Å²) in [6.07, 6.45) is 4.12. The molecule has 8 heteroatoms. The van der Waals surface area contributed by atoms with Crippen LogP contribution in [-0.4, -0.2) is 63.9 Å². The van der Waals surface area contributed by atoms with E-state index >= 15 is 0 Å². The Morgan fingerprint density at radius 1 is 1.30 bits per heavy atom. The average molecular weight is 376 g/mol. The van der Waals surface area contributed by atoms with E-state index in [4.69, 9.17) is 5.11 Å². The van der Waals surface area contributed by atoms with E-state index in [2.05, 4.69) is 27.8 Å². The van der Waals surface area contributed by atoms with E-state index < -0.39 is 11.6 Å². The summed E-state index contributed by atoms with van der Waals surface area (Å²) in [6, 6.07) is 4.03. The normalized spacial score (nSPS) is 18.3. The molecule has 0 saturated carbocycles. The molecule has 3 rings (SSSR count). The number of fused-ring (bicyclic) bond motifs is 1. The Hall–Kier alpha value is -2.35. The molecule has 1 aromatic heterocycles. The minimum Gasteiger partial charge on any atom is -0.481 e. The van der Waals surface area contributed by atoms with Crippen LogP contribution in [0, 0.1) is 0 Å². The van der Waals surface area contributed by atoms with Crippen molar-refractivity contribution in [1.29, 1.82) is 0 Å². The highest BCUT2D eigenvalue weighted by molar-refractivity contribution is 5.74. The molecular weight excluding hydrogens is 348 g/mol. The molecule has 0 bridgehead atoms. The number of carbonyl (C=O) groups excluding carboxylic acids is 1. The molecule has 0 unspecified atom stereocenters. The Morgan fingerprint density at radius 2 is 2.07 bits per heavy atom. The Balaban J connectivity index is 1.37. The van der Waals surface area contributed by atoms with Crippen molar-refractivity contribution in [3.63, 3.8) is 0 Å². The third kappa shape index (κ3) is 5.32. The lowest BCUT2D eigenvalue weighted by atomic mass is 9.88. The van der Waals surface area contributed by atoms with Gasteiger partial charge in [-0.25, -0.2) is 9.78 Å². The lowest BCUT2D eigenvalue weighted by molar-refractivity contribution is -0.144. The van der Waals surface area contributed by atoms with Gasteiger partial charge in [-0.05, 0) is 50.2 Å². The minimum absolute atomic E-state index is 0.160. The van der Waals surface area contributed by atoms with E-state index in [0.29, 0.717) is 32.5 Å². The number of anilines is 1. The molecular formula is C19H28N4O4. The van der Waals surface area contributed by atoms with Gasteiger partial charge in [-0.3, -0.25) is 4.79 Å². The molecule has 2 amide bonds. The first-order valence-corrected chi connectivity index (χ1v) is 9.65. The van der Waals surface area contributed by atoms with Gasteiger partial charge in [-0.2, -0.15) is 0 Å². The van der Waals surface area contributed by atoms with Crippen LogP contribution < -0.4 is 10.6 Å². The standard InChI is InChI=1S/C19H28N4O4/c24-16(25)13-19(27)7-11-23(12-8-19)18(26)21-10-2-4-15-6-5-14-3-1-9-20-17(14)22-15/h5-6,27H,1-4,7-13H2,(H,20,22)(H,21,26)(H,24,25). The van der Waals surface area contributed by atoms with Gasteiger partial charge in [0.15, 0.2) is 0 Å². The molecule has 0 aromatic carbocycles. The molecule has 1 aromatic rings. The maximum absolute atomic E-state index is 12.2. The van der Waals surface area contributed by atoms with E-state index in [-0.39, 0.29) is 12.5 Å². The smallest absolute Gasteiger partial charge is 0.317 e. The average Bonchev–Trinajstić information content (AvgIpc) is 2.64. The lowest BCUT2D eigenvalue weighted by Gasteiger charge is -2.37. The maximum atomic E-state index is 12.2. The van der Waals surface area contributed by atoms with Crippen molar-refractivity contribution in [3.05, 3.63) is 23.4 Å². The van der Waals surface area contributed by atoms with Gasteiger partial charge in [-0.1, -0.05) is 6.07 Å². The number of carboxylic acids is 1. The molecule has 27 heavy (non-hydrogen) atoms. The number of aryl methyl sites for hydroxylation is 2. The summed E-state index contributed by atoms with van der Waals surface area (Å²) in [6.45, 7) is 2.26. The van der Waals surface area contributed by atoms with Crippen LogP contribution in [-0.2, 0) is 17.6 Å². The third-order valence-corrected chi connectivity index (χ3v) is 5.30. The fourth-order valence-electron chi connectivity index (χ4n) is 3.67. The van der Waals surface area contributed by atoms with Crippen molar-refractivity contribution >= 4 is 17.8 Å². The number of amides is 2. The molecule has 2 aliphatic rings. The van der Waals surface area contributed by atoms with E-state index in [1.807, 2.05) is 0 Å². The molecule has 4 N–H and O–H groups in total. The molecule has 0 aliphatic carbocycles. The van der Waals surface area contributed by atoms with Crippen LogP contribution in [0.2, 0.25) is 0 Å². The summed E-state index contributed by atoms with van der Waals surface area (Å²) >= 11 is 0. The van der Waals surface area contributed by atoms with Gasteiger partial charge in [0.25, 0.3) is 0 Å². The number of aromatic nitrogens is 1. The Kier molecular flexibility index (Phi) is 6.15. The minimum atomic E-state index is -1.20. The summed E-state index contributed by atoms with van der Waals surface area (Å²) in [4.78, 5) is 29.3. The first kappa shape index (κ1) is 19.4. The fourth-order valence-corrected chi connectivity index (χ4v) is 3.67. The number of aliphatic carboxylic acids is 1. The topological polar surface area (TPSA) is 115 Å². The number of nitrogens with one attached hydrogen (secondary N) is 2. The first-order valence-electron chi connectivity index (χ1n) is 9.65. The molecule has 0 atom stereocenters. The second kappa shape index (κ2) is 8.56. The van der Waals surface area contributed by atoms with Crippen molar-refractivity contribution in [2.75, 3.05) is 31.5 Å². The number of hydrogen-bond donors (Lipinski definition) is 4. The van der Waals surface area contributed by atoms with E-state index in [1.165, 1.54) is 5.56 Å². The zero-order chi connectivity index (χ0) is 19.3. The molecule has 0 spiro atoms. The van der Waals surface area contributed by atoms with E-state index in [1.54, 1.807) is 4.90 Å². The zero-order valence-electron chi connectivity index (χ0n) is 15.5. The van der Waals surface area contributed by atoms with Gasteiger partial charge in [0.2, 0.25) is 0 Å². The second-order valence-corrected chi connectivity index (χ2v) is 7.46. The summed E-state index contributed by atoms with van der Waals surface area (Å²) in [7, 11) is 0. The molecule has 3 heterocycles. The van der Waals surface area contributed by atoms with E-state index in [0.717, 1.165) is 43.7 Å². The lowest BCUT2D eigenvalue weighted by Crippen LogP contribution is -2.50. The number of aliphatic hydroxyl groups is 1. The van der Waals surface area contributed by atoms with Crippen LogP contribution in [0.1, 0.15) is 43.4 Å². The van der Waals surface area contributed by atoms with Gasteiger partial charge in [0, 0.05) is 31.9 Å². The summed E-state index contributed by atoms with van der Waals surface area (Å²) < 4.78 is 0. The third-order valence-electron chi connectivity index (χ3n) is 5.30. The van der Waals surface area contributed by atoms with Gasteiger partial charge in [0.05, 0.1) is 12.0 Å². The maximum Gasteiger partial charge on any atom is 0.317 e. The molecule has 8 nitrogen and oxygen atoms in total. The number of likely N-dealkylation sites (tertiary alicyclic amines) is 1. The molecule has 1 saturated heterocycles. The largest absolute Gasteiger partial charge is 0.481 e. The van der Waals surface area contributed by atoms with Gasteiger partial charge >= 0.3 is 12.0 Å². The number of rotatable bonds is 6. The van der Waals surface area contributed by atoms with Crippen molar-refractivity contribution in [3.8, 4) is 0 Å². The predicted molar refractivity (Wildman–Crippen MR) is 101 cm³/mol. The van der Waals surface area contributed by atoms with Crippen molar-refractivity contribution in [2.45, 2.75) is 50.5 Å².